The van der Waals surface area contributed by atoms with Crippen LogP contribution in [0.3, 0.4) is 0 Å². The van der Waals surface area contributed by atoms with E-state index in [9.17, 15) is 0 Å². The number of aryl methyl sites for hydroxylation is 1. The van der Waals surface area contributed by atoms with Gasteiger partial charge in [0, 0.05) is 25.5 Å². The van der Waals surface area contributed by atoms with E-state index in [4.69, 9.17) is 6.42 Å². The standard InChI is InChI=1S/C10H15N3/c1-4-9(2)11-5-7-13-8-6-12-10(13)3/h1,6,8-9,11H,5,7H2,2-3H3. The third-order valence-corrected chi connectivity index (χ3v) is 1.98. The molecule has 1 aromatic heterocycles. The molecule has 13 heavy (non-hydrogen) atoms. The van der Waals surface area contributed by atoms with Gasteiger partial charge in [0.25, 0.3) is 0 Å². The van der Waals surface area contributed by atoms with Gasteiger partial charge in [-0.25, -0.2) is 4.98 Å². The molecule has 1 atom stereocenters. The molecule has 1 N–H and O–H groups in total. The molecule has 1 heterocycles. The van der Waals surface area contributed by atoms with Gasteiger partial charge in [-0.05, 0) is 13.8 Å². The highest BCUT2D eigenvalue weighted by molar-refractivity contribution is 4.96. The van der Waals surface area contributed by atoms with Gasteiger partial charge in [-0.3, -0.25) is 0 Å². The fraction of sp³-hybridized carbons (Fsp3) is 0.500. The van der Waals surface area contributed by atoms with Gasteiger partial charge in [-0.15, -0.1) is 6.42 Å². The van der Waals surface area contributed by atoms with Crippen LogP contribution in [-0.2, 0) is 6.54 Å². The SMILES string of the molecule is C#CC(C)NCCn1ccnc1C. The average molecular weight is 177 g/mol. The molecule has 0 spiro atoms. The van der Waals surface area contributed by atoms with Crippen LogP contribution in [0.5, 0.6) is 0 Å². The first kappa shape index (κ1) is 9.82. The normalized spacial score (nSPS) is 12.4. The topological polar surface area (TPSA) is 29.9 Å². The summed E-state index contributed by atoms with van der Waals surface area (Å²) in [6.07, 6.45) is 9.01. The molecule has 0 fully saturated rings. The Morgan fingerprint density at radius 1 is 1.77 bits per heavy atom. The summed E-state index contributed by atoms with van der Waals surface area (Å²) in [6.45, 7) is 5.76. The van der Waals surface area contributed by atoms with Crippen molar-refractivity contribution in [1.82, 2.24) is 14.9 Å². The first-order chi connectivity index (χ1) is 6.24. The Labute approximate surface area is 79.2 Å². The number of nitrogens with zero attached hydrogens (tertiary/aromatic N) is 2. The monoisotopic (exact) mass is 177 g/mol. The maximum atomic E-state index is 5.23. The van der Waals surface area contributed by atoms with Crippen LogP contribution >= 0.6 is 0 Å². The van der Waals surface area contributed by atoms with Crippen molar-refractivity contribution in [2.24, 2.45) is 0 Å². The molecule has 0 aliphatic carbocycles. The summed E-state index contributed by atoms with van der Waals surface area (Å²) >= 11 is 0. The predicted octanol–water partition coefficient (Wildman–Crippen LogP) is 0.803. The molecule has 0 aliphatic heterocycles. The van der Waals surface area contributed by atoms with Gasteiger partial charge in [0.1, 0.15) is 5.82 Å². The number of hydrogen-bond acceptors (Lipinski definition) is 2. The molecule has 70 valence electrons. The van der Waals surface area contributed by atoms with Crippen LogP contribution < -0.4 is 5.32 Å². The second kappa shape index (κ2) is 4.68. The Morgan fingerprint density at radius 2 is 2.54 bits per heavy atom. The van der Waals surface area contributed by atoms with Crippen LogP contribution in [0.1, 0.15) is 12.7 Å². The maximum Gasteiger partial charge on any atom is 0.105 e. The highest BCUT2D eigenvalue weighted by atomic mass is 15.1. The van der Waals surface area contributed by atoms with Gasteiger partial charge in [0.2, 0.25) is 0 Å². The number of nitrogens with one attached hydrogen (secondary N) is 1. The predicted molar refractivity (Wildman–Crippen MR) is 53.3 cm³/mol. The Balaban J connectivity index is 2.29. The summed E-state index contributed by atoms with van der Waals surface area (Å²) in [5.41, 5.74) is 0. The molecule has 0 radical (unpaired) electrons. The lowest BCUT2D eigenvalue weighted by Crippen LogP contribution is -2.28. The zero-order chi connectivity index (χ0) is 9.68. The van der Waals surface area contributed by atoms with Gasteiger partial charge < -0.3 is 9.88 Å². The molecule has 0 amide bonds. The molecule has 0 saturated carbocycles. The smallest absolute Gasteiger partial charge is 0.105 e. The number of aromatic nitrogens is 2. The summed E-state index contributed by atoms with van der Waals surface area (Å²) in [5.74, 6) is 3.66. The van der Waals surface area contributed by atoms with Crippen LogP contribution in [-0.4, -0.2) is 22.1 Å². The van der Waals surface area contributed by atoms with Gasteiger partial charge in [0.15, 0.2) is 0 Å². The van der Waals surface area contributed by atoms with Crippen LogP contribution in [0.15, 0.2) is 12.4 Å². The van der Waals surface area contributed by atoms with E-state index in [1.807, 2.05) is 20.0 Å². The maximum absolute atomic E-state index is 5.23. The van der Waals surface area contributed by atoms with Crippen molar-refractivity contribution >= 4 is 0 Å². The zero-order valence-corrected chi connectivity index (χ0v) is 8.12. The van der Waals surface area contributed by atoms with Gasteiger partial charge in [0.05, 0.1) is 6.04 Å². The molecule has 3 heteroatoms. The largest absolute Gasteiger partial charge is 0.334 e. The lowest BCUT2D eigenvalue weighted by atomic mass is 10.3. The Kier molecular flexibility index (Phi) is 3.53. The van der Waals surface area contributed by atoms with E-state index in [0.717, 1.165) is 18.9 Å². The Hall–Kier alpha value is -1.27. The quantitative estimate of drug-likeness (QED) is 0.689. The van der Waals surface area contributed by atoms with Crippen molar-refractivity contribution in [2.45, 2.75) is 26.4 Å². The number of imidazole rings is 1. The molecule has 0 bridgehead atoms. The summed E-state index contributed by atoms with van der Waals surface area (Å²) < 4.78 is 2.09. The summed E-state index contributed by atoms with van der Waals surface area (Å²) in [7, 11) is 0. The lowest BCUT2D eigenvalue weighted by Gasteiger charge is -2.08. The lowest BCUT2D eigenvalue weighted by molar-refractivity contribution is 0.568. The molecule has 0 saturated heterocycles. The second-order valence-electron chi connectivity index (χ2n) is 3.01. The fourth-order valence-electron chi connectivity index (χ4n) is 1.10. The van der Waals surface area contributed by atoms with Crippen molar-refractivity contribution in [2.75, 3.05) is 6.54 Å². The van der Waals surface area contributed by atoms with Crippen LogP contribution in [0, 0.1) is 19.3 Å². The highest BCUT2D eigenvalue weighted by Gasteiger charge is 1.97. The minimum absolute atomic E-state index is 0.142. The average Bonchev–Trinajstić information content (AvgIpc) is 2.52. The van der Waals surface area contributed by atoms with E-state index >= 15 is 0 Å². The van der Waals surface area contributed by atoms with Crippen molar-refractivity contribution in [3.05, 3.63) is 18.2 Å². The van der Waals surface area contributed by atoms with E-state index in [-0.39, 0.29) is 6.04 Å². The zero-order valence-electron chi connectivity index (χ0n) is 8.12. The molecule has 3 nitrogen and oxygen atoms in total. The van der Waals surface area contributed by atoms with E-state index < -0.39 is 0 Å². The molecule has 1 unspecified atom stereocenters. The Morgan fingerprint density at radius 3 is 3.08 bits per heavy atom. The van der Waals surface area contributed by atoms with E-state index in [2.05, 4.69) is 20.8 Å². The number of rotatable bonds is 4. The van der Waals surface area contributed by atoms with Crippen molar-refractivity contribution in [3.8, 4) is 12.3 Å². The minimum atomic E-state index is 0.142. The van der Waals surface area contributed by atoms with Crippen molar-refractivity contribution in [3.63, 3.8) is 0 Å². The van der Waals surface area contributed by atoms with Crippen LogP contribution in [0.25, 0.3) is 0 Å². The van der Waals surface area contributed by atoms with Crippen molar-refractivity contribution < 1.29 is 0 Å². The van der Waals surface area contributed by atoms with Crippen molar-refractivity contribution in [1.29, 1.82) is 0 Å². The highest BCUT2D eigenvalue weighted by Crippen LogP contribution is 1.93. The second-order valence-corrected chi connectivity index (χ2v) is 3.01. The molecule has 0 aromatic carbocycles. The molecule has 0 aliphatic rings. The van der Waals surface area contributed by atoms with Gasteiger partial charge >= 0.3 is 0 Å². The Bertz CT molecular complexity index is 295. The number of hydrogen-bond donors (Lipinski definition) is 1. The third-order valence-electron chi connectivity index (χ3n) is 1.98. The van der Waals surface area contributed by atoms with E-state index in [0.29, 0.717) is 0 Å². The van der Waals surface area contributed by atoms with Gasteiger partial charge in [-0.1, -0.05) is 5.92 Å². The van der Waals surface area contributed by atoms with Gasteiger partial charge in [-0.2, -0.15) is 0 Å². The minimum Gasteiger partial charge on any atom is -0.334 e. The fourth-order valence-corrected chi connectivity index (χ4v) is 1.10. The van der Waals surface area contributed by atoms with E-state index in [1.54, 1.807) is 6.20 Å². The summed E-state index contributed by atoms with van der Waals surface area (Å²) in [5, 5.41) is 3.21. The van der Waals surface area contributed by atoms with Crippen LogP contribution in [0.2, 0.25) is 0 Å². The first-order valence-electron chi connectivity index (χ1n) is 4.41. The number of terminal acetylenes is 1. The third kappa shape index (κ3) is 2.92. The van der Waals surface area contributed by atoms with E-state index in [1.165, 1.54) is 0 Å². The first-order valence-corrected chi connectivity index (χ1v) is 4.41. The summed E-state index contributed by atoms with van der Waals surface area (Å²) in [6, 6.07) is 0.142. The molecule has 1 aromatic rings. The molecule has 1 rings (SSSR count). The molecular weight excluding hydrogens is 162 g/mol. The summed E-state index contributed by atoms with van der Waals surface area (Å²) in [4.78, 5) is 4.13. The van der Waals surface area contributed by atoms with Crippen LogP contribution in [0.4, 0.5) is 0 Å². The molecular formula is C10H15N3.